The minimum atomic E-state index is -0.360. The van der Waals surface area contributed by atoms with Gasteiger partial charge in [-0.25, -0.2) is 9.78 Å². The summed E-state index contributed by atoms with van der Waals surface area (Å²) in [4.78, 5) is 27.2. The van der Waals surface area contributed by atoms with Gasteiger partial charge in [0.25, 0.3) is 5.56 Å². The van der Waals surface area contributed by atoms with Crippen molar-refractivity contribution in [3.63, 3.8) is 0 Å². The van der Waals surface area contributed by atoms with Crippen molar-refractivity contribution in [3.8, 4) is 0 Å². The molecule has 0 saturated carbocycles. The molecule has 0 N–H and O–H groups in total. The van der Waals surface area contributed by atoms with Gasteiger partial charge in [0.15, 0.2) is 11.2 Å². The third kappa shape index (κ3) is 1.44. The van der Waals surface area contributed by atoms with Gasteiger partial charge in [-0.2, -0.15) is 0 Å². The molecule has 2 aromatic heterocycles. The van der Waals surface area contributed by atoms with Crippen molar-refractivity contribution < 1.29 is 17.1 Å². The Morgan fingerprint density at radius 3 is 2.33 bits per heavy atom. The molecule has 85 valence electrons. The van der Waals surface area contributed by atoms with Crippen molar-refractivity contribution >= 4 is 11.2 Å². The summed E-state index contributed by atoms with van der Waals surface area (Å²) in [6, 6.07) is 0. The summed E-state index contributed by atoms with van der Waals surface area (Å²) >= 11 is 0. The summed E-state index contributed by atoms with van der Waals surface area (Å²) in [7, 11) is 4.77. The van der Waals surface area contributed by atoms with Gasteiger partial charge in [-0.15, -0.1) is 0 Å². The second-order valence-corrected chi connectivity index (χ2v) is 3.23. The zero-order chi connectivity index (χ0) is 10.5. The van der Waals surface area contributed by atoms with E-state index in [1.807, 2.05) is 0 Å². The number of fused-ring (bicyclic) bond motifs is 1. The first-order chi connectivity index (χ1) is 6.54. The van der Waals surface area contributed by atoms with Crippen LogP contribution in [0.4, 0.5) is 0 Å². The fourth-order valence-corrected chi connectivity index (χ4v) is 1.47. The molecule has 0 aliphatic rings. The maximum Gasteiger partial charge on any atom is 0.332 e. The van der Waals surface area contributed by atoms with Crippen LogP contribution < -0.4 is 11.2 Å². The van der Waals surface area contributed by atoms with E-state index in [2.05, 4.69) is 4.98 Å². The maximum atomic E-state index is 11.7. The molecular formula is C8H10CuN4O2. The molecule has 0 unspecified atom stereocenters. The predicted octanol–water partition coefficient (Wildman–Crippen LogP) is -1.03. The second-order valence-electron chi connectivity index (χ2n) is 3.23. The van der Waals surface area contributed by atoms with Gasteiger partial charge in [-0.05, 0) is 0 Å². The van der Waals surface area contributed by atoms with E-state index in [1.165, 1.54) is 17.9 Å². The summed E-state index contributed by atoms with van der Waals surface area (Å²) in [6.45, 7) is 0. The Kier molecular flexibility index (Phi) is 2.88. The van der Waals surface area contributed by atoms with Gasteiger partial charge in [0.2, 0.25) is 0 Å². The largest absolute Gasteiger partial charge is 0.332 e. The van der Waals surface area contributed by atoms with Crippen LogP contribution in [0.15, 0.2) is 15.9 Å². The molecule has 0 spiro atoms. The van der Waals surface area contributed by atoms with Gasteiger partial charge in [0, 0.05) is 38.2 Å². The average molecular weight is 258 g/mol. The molecule has 0 aliphatic heterocycles. The van der Waals surface area contributed by atoms with Crippen LogP contribution in [0, 0.1) is 0 Å². The smallest absolute Gasteiger partial charge is 0.328 e. The zero-order valence-corrected chi connectivity index (χ0v) is 9.43. The Hall–Kier alpha value is -1.33. The summed E-state index contributed by atoms with van der Waals surface area (Å²) < 4.78 is 4.04. The maximum absolute atomic E-state index is 11.7. The molecule has 15 heavy (non-hydrogen) atoms. The molecule has 7 heteroatoms. The fraction of sp³-hybridized carbons (Fsp3) is 0.375. The van der Waals surface area contributed by atoms with Gasteiger partial charge in [0.1, 0.15) is 0 Å². The Labute approximate surface area is 95.6 Å². The molecule has 0 fully saturated rings. The Bertz CT molecular complexity index is 622. The predicted molar refractivity (Wildman–Crippen MR) is 51.2 cm³/mol. The van der Waals surface area contributed by atoms with Crippen LogP contribution in [-0.4, -0.2) is 18.7 Å². The summed E-state index contributed by atoms with van der Waals surface area (Å²) in [5.41, 5.74) is 0.180. The third-order valence-electron chi connectivity index (χ3n) is 2.32. The molecule has 1 radical (unpaired) electrons. The van der Waals surface area contributed by atoms with Crippen molar-refractivity contribution in [1.82, 2.24) is 18.7 Å². The number of imidazole rings is 1. The molecule has 0 atom stereocenters. The number of aromatic nitrogens is 4. The van der Waals surface area contributed by atoms with Gasteiger partial charge in [-0.1, -0.05) is 0 Å². The molecule has 6 nitrogen and oxygen atoms in total. The quantitative estimate of drug-likeness (QED) is 0.567. The minimum absolute atomic E-state index is 0. The molecule has 0 aliphatic carbocycles. The van der Waals surface area contributed by atoms with E-state index in [0.717, 1.165) is 4.57 Å². The zero-order valence-electron chi connectivity index (χ0n) is 8.48. The Morgan fingerprint density at radius 2 is 1.73 bits per heavy atom. The van der Waals surface area contributed by atoms with Crippen LogP contribution in [0.2, 0.25) is 0 Å². The van der Waals surface area contributed by atoms with Crippen LogP contribution in [-0.2, 0) is 38.2 Å². The molecule has 0 bridgehead atoms. The first-order valence-electron chi connectivity index (χ1n) is 4.11. The summed E-state index contributed by atoms with van der Waals surface area (Å²) in [5, 5.41) is 0. The van der Waals surface area contributed by atoms with E-state index in [4.69, 9.17) is 0 Å². The van der Waals surface area contributed by atoms with Crippen LogP contribution >= 0.6 is 0 Å². The topological polar surface area (TPSA) is 61.8 Å². The number of nitrogens with zero attached hydrogens (tertiary/aromatic N) is 4. The van der Waals surface area contributed by atoms with E-state index in [-0.39, 0.29) is 28.3 Å². The standard InChI is InChI=1S/C8H10N4O2.Cu/c1-10-4-9-6-5(10)7(13)12(3)8(14)11(6)2;/h4H,1-3H3;. The van der Waals surface area contributed by atoms with Crippen molar-refractivity contribution in [2.24, 2.45) is 21.1 Å². The van der Waals surface area contributed by atoms with Gasteiger partial charge < -0.3 is 4.57 Å². The summed E-state index contributed by atoms with van der Waals surface area (Å²) in [5.74, 6) is 0. The molecule has 2 aromatic rings. The first-order valence-corrected chi connectivity index (χ1v) is 4.11. The number of hydrogen-bond acceptors (Lipinski definition) is 3. The monoisotopic (exact) mass is 257 g/mol. The van der Waals surface area contributed by atoms with E-state index >= 15 is 0 Å². The van der Waals surface area contributed by atoms with Crippen LogP contribution in [0.25, 0.3) is 11.2 Å². The Morgan fingerprint density at radius 1 is 1.13 bits per heavy atom. The van der Waals surface area contributed by atoms with E-state index in [1.54, 1.807) is 18.7 Å². The van der Waals surface area contributed by atoms with E-state index in [9.17, 15) is 9.59 Å². The fourth-order valence-electron chi connectivity index (χ4n) is 1.47. The van der Waals surface area contributed by atoms with Gasteiger partial charge in [-0.3, -0.25) is 13.9 Å². The molecule has 2 heterocycles. The number of rotatable bonds is 0. The molecular weight excluding hydrogens is 248 g/mol. The number of aryl methyl sites for hydroxylation is 2. The molecule has 0 saturated heterocycles. The van der Waals surface area contributed by atoms with Gasteiger partial charge >= 0.3 is 5.69 Å². The van der Waals surface area contributed by atoms with Crippen molar-refractivity contribution in [3.05, 3.63) is 27.2 Å². The van der Waals surface area contributed by atoms with Crippen LogP contribution in [0.1, 0.15) is 0 Å². The van der Waals surface area contributed by atoms with Gasteiger partial charge in [0.05, 0.1) is 6.33 Å². The van der Waals surface area contributed by atoms with Crippen molar-refractivity contribution in [2.75, 3.05) is 0 Å². The molecule has 0 amide bonds. The van der Waals surface area contributed by atoms with Crippen LogP contribution in [0.5, 0.6) is 0 Å². The first kappa shape index (κ1) is 11.7. The third-order valence-corrected chi connectivity index (χ3v) is 2.32. The number of hydrogen-bond donors (Lipinski definition) is 0. The second kappa shape index (κ2) is 3.67. The van der Waals surface area contributed by atoms with Crippen molar-refractivity contribution in [2.45, 2.75) is 0 Å². The normalized spacial score (nSPS) is 10.3. The van der Waals surface area contributed by atoms with E-state index in [0.29, 0.717) is 11.2 Å². The minimum Gasteiger partial charge on any atom is -0.328 e. The van der Waals surface area contributed by atoms with Crippen LogP contribution in [0.3, 0.4) is 0 Å². The molecule has 2 rings (SSSR count). The summed E-state index contributed by atoms with van der Waals surface area (Å²) in [6.07, 6.45) is 1.52. The SMILES string of the molecule is Cn1c(=O)c2c(ncn2C)n(C)c1=O.[Cu]. The molecule has 0 aromatic carbocycles. The van der Waals surface area contributed by atoms with Crippen molar-refractivity contribution in [1.29, 1.82) is 0 Å². The average Bonchev–Trinajstić information content (AvgIpc) is 2.54. The van der Waals surface area contributed by atoms with E-state index < -0.39 is 0 Å². The Balaban J connectivity index is 0.00000112.